The van der Waals surface area contributed by atoms with Crippen molar-refractivity contribution in [2.45, 2.75) is 43.4 Å². The third-order valence-corrected chi connectivity index (χ3v) is 4.56. The normalized spacial score (nSPS) is 21.2. The number of sulfonamides is 1. The number of hydrogen-bond donors (Lipinski definition) is 2. The average molecular weight is 246 g/mol. The molecule has 0 saturated heterocycles. The zero-order valence-corrected chi connectivity index (χ0v) is 9.75. The Morgan fingerprint density at radius 2 is 2.00 bits per heavy atom. The fourth-order valence-electron chi connectivity index (χ4n) is 1.77. The largest absolute Gasteiger partial charge is 0.480 e. The molecular formula is C9H14N2O4S. The number of carboxylic acid groups (broad SMARTS) is 1. The molecule has 0 aromatic heterocycles. The smallest absolute Gasteiger partial charge is 0.324 e. The number of nitriles is 1. The summed E-state index contributed by atoms with van der Waals surface area (Å²) >= 11 is 0. The molecule has 0 aliphatic heterocycles. The van der Waals surface area contributed by atoms with Gasteiger partial charge in [-0.1, -0.05) is 12.8 Å². The van der Waals surface area contributed by atoms with E-state index in [9.17, 15) is 13.2 Å². The van der Waals surface area contributed by atoms with E-state index in [1.807, 2.05) is 0 Å². The summed E-state index contributed by atoms with van der Waals surface area (Å²) in [5, 5.41) is 16.4. The van der Waals surface area contributed by atoms with Crippen LogP contribution in [0.15, 0.2) is 0 Å². The highest BCUT2D eigenvalue weighted by Crippen LogP contribution is 2.31. The summed E-state index contributed by atoms with van der Waals surface area (Å²) in [4.78, 5) is 11.1. The summed E-state index contributed by atoms with van der Waals surface area (Å²) < 4.78 is 25.4. The zero-order valence-electron chi connectivity index (χ0n) is 8.93. The van der Waals surface area contributed by atoms with Crippen LogP contribution in [0.4, 0.5) is 0 Å². The second kappa shape index (κ2) is 4.39. The first-order valence-electron chi connectivity index (χ1n) is 5.00. The Kier molecular flexibility index (Phi) is 3.55. The van der Waals surface area contributed by atoms with Crippen LogP contribution in [-0.2, 0) is 14.8 Å². The van der Waals surface area contributed by atoms with Gasteiger partial charge in [0, 0.05) is 0 Å². The molecule has 0 aromatic rings. The highest BCUT2D eigenvalue weighted by molar-refractivity contribution is 7.90. The van der Waals surface area contributed by atoms with E-state index in [0.29, 0.717) is 12.8 Å². The van der Waals surface area contributed by atoms with Crippen LogP contribution in [0.2, 0.25) is 0 Å². The monoisotopic (exact) mass is 246 g/mol. The van der Waals surface area contributed by atoms with Gasteiger partial charge in [0.25, 0.3) is 0 Å². The lowest BCUT2D eigenvalue weighted by molar-refractivity contribution is -0.143. The standard InChI is InChI=1S/C9H14N2O4S/c1-7(6-10)16(14,15)11-9(8(12)13)4-2-3-5-9/h7,11H,2-5H2,1H3,(H,12,13). The molecule has 0 aromatic carbocycles. The van der Waals surface area contributed by atoms with Crippen molar-refractivity contribution in [1.29, 1.82) is 5.26 Å². The zero-order chi connectivity index (χ0) is 12.4. The lowest BCUT2D eigenvalue weighted by Gasteiger charge is -2.25. The van der Waals surface area contributed by atoms with Gasteiger partial charge < -0.3 is 5.11 Å². The molecule has 90 valence electrons. The Morgan fingerprint density at radius 1 is 1.50 bits per heavy atom. The van der Waals surface area contributed by atoms with Crippen LogP contribution in [0.5, 0.6) is 0 Å². The van der Waals surface area contributed by atoms with Crippen LogP contribution >= 0.6 is 0 Å². The van der Waals surface area contributed by atoms with Gasteiger partial charge in [-0.15, -0.1) is 0 Å². The SMILES string of the molecule is CC(C#N)S(=O)(=O)NC1(C(=O)O)CCCC1. The first-order valence-corrected chi connectivity index (χ1v) is 6.54. The number of rotatable bonds is 4. The van der Waals surface area contributed by atoms with Crippen molar-refractivity contribution in [2.24, 2.45) is 0 Å². The van der Waals surface area contributed by atoms with Crippen molar-refractivity contribution in [3.63, 3.8) is 0 Å². The van der Waals surface area contributed by atoms with E-state index < -0.39 is 26.8 Å². The fraction of sp³-hybridized carbons (Fsp3) is 0.778. The van der Waals surface area contributed by atoms with E-state index in [4.69, 9.17) is 10.4 Å². The minimum atomic E-state index is -3.89. The van der Waals surface area contributed by atoms with Gasteiger partial charge in [0.05, 0.1) is 6.07 Å². The predicted molar refractivity (Wildman–Crippen MR) is 56.0 cm³/mol. The molecule has 6 nitrogen and oxygen atoms in total. The molecule has 7 heteroatoms. The Balaban J connectivity index is 2.94. The van der Waals surface area contributed by atoms with Gasteiger partial charge in [0.15, 0.2) is 5.25 Å². The Labute approximate surface area is 94.3 Å². The van der Waals surface area contributed by atoms with Crippen molar-refractivity contribution in [3.05, 3.63) is 0 Å². The van der Waals surface area contributed by atoms with Gasteiger partial charge in [-0.25, -0.2) is 8.42 Å². The Bertz CT molecular complexity index is 417. The van der Waals surface area contributed by atoms with Crippen LogP contribution in [0.25, 0.3) is 0 Å². The first kappa shape index (κ1) is 12.9. The van der Waals surface area contributed by atoms with Gasteiger partial charge in [-0.2, -0.15) is 9.98 Å². The van der Waals surface area contributed by atoms with E-state index in [0.717, 1.165) is 0 Å². The van der Waals surface area contributed by atoms with Gasteiger partial charge in [0.1, 0.15) is 5.54 Å². The van der Waals surface area contributed by atoms with Crippen LogP contribution in [0, 0.1) is 11.3 Å². The molecule has 0 spiro atoms. The molecule has 2 N–H and O–H groups in total. The molecule has 1 atom stereocenters. The molecule has 1 saturated carbocycles. The fourth-order valence-corrected chi connectivity index (χ4v) is 2.92. The van der Waals surface area contributed by atoms with E-state index in [-0.39, 0.29) is 12.8 Å². The average Bonchev–Trinajstić information content (AvgIpc) is 2.65. The topological polar surface area (TPSA) is 107 Å². The van der Waals surface area contributed by atoms with Crippen molar-refractivity contribution >= 4 is 16.0 Å². The molecule has 1 fully saturated rings. The highest BCUT2D eigenvalue weighted by atomic mass is 32.2. The van der Waals surface area contributed by atoms with Gasteiger partial charge in [-0.05, 0) is 19.8 Å². The molecule has 0 bridgehead atoms. The number of hydrogen-bond acceptors (Lipinski definition) is 4. The summed E-state index contributed by atoms with van der Waals surface area (Å²) in [6.45, 7) is 1.23. The Morgan fingerprint density at radius 3 is 2.38 bits per heavy atom. The molecule has 1 rings (SSSR count). The van der Waals surface area contributed by atoms with E-state index in [2.05, 4.69) is 4.72 Å². The number of carboxylic acids is 1. The maximum absolute atomic E-state index is 11.6. The minimum Gasteiger partial charge on any atom is -0.480 e. The molecule has 1 unspecified atom stereocenters. The number of nitrogens with zero attached hydrogens (tertiary/aromatic N) is 1. The third-order valence-electron chi connectivity index (χ3n) is 2.85. The first-order chi connectivity index (χ1) is 7.34. The molecule has 0 amide bonds. The number of aliphatic carboxylic acids is 1. The van der Waals surface area contributed by atoms with Crippen molar-refractivity contribution < 1.29 is 18.3 Å². The van der Waals surface area contributed by atoms with Crippen molar-refractivity contribution in [3.8, 4) is 6.07 Å². The second-order valence-corrected chi connectivity index (χ2v) is 6.01. The predicted octanol–water partition coefficient (Wildman–Crippen LogP) is 0.215. The van der Waals surface area contributed by atoms with Gasteiger partial charge >= 0.3 is 5.97 Å². The van der Waals surface area contributed by atoms with E-state index >= 15 is 0 Å². The van der Waals surface area contributed by atoms with Crippen LogP contribution in [-0.4, -0.2) is 30.3 Å². The van der Waals surface area contributed by atoms with E-state index in [1.165, 1.54) is 6.92 Å². The van der Waals surface area contributed by atoms with Crippen LogP contribution in [0.1, 0.15) is 32.6 Å². The lowest BCUT2D eigenvalue weighted by atomic mass is 10.0. The van der Waals surface area contributed by atoms with Crippen molar-refractivity contribution in [1.82, 2.24) is 4.72 Å². The van der Waals surface area contributed by atoms with E-state index in [1.54, 1.807) is 6.07 Å². The van der Waals surface area contributed by atoms with Crippen LogP contribution in [0.3, 0.4) is 0 Å². The number of carbonyl (C=O) groups is 1. The molecule has 1 aliphatic carbocycles. The van der Waals surface area contributed by atoms with Gasteiger partial charge in [0.2, 0.25) is 10.0 Å². The summed E-state index contributed by atoms with van der Waals surface area (Å²) in [5.41, 5.74) is -1.41. The number of nitrogens with one attached hydrogen (secondary N) is 1. The lowest BCUT2D eigenvalue weighted by Crippen LogP contribution is -2.54. The Hall–Kier alpha value is -1.13. The molecular weight excluding hydrogens is 232 g/mol. The van der Waals surface area contributed by atoms with Crippen LogP contribution < -0.4 is 4.72 Å². The molecule has 0 heterocycles. The summed E-state index contributed by atoms with van der Waals surface area (Å²) in [6.07, 6.45) is 1.91. The maximum atomic E-state index is 11.6. The maximum Gasteiger partial charge on any atom is 0.324 e. The van der Waals surface area contributed by atoms with Crippen molar-refractivity contribution in [2.75, 3.05) is 0 Å². The summed E-state index contributed by atoms with van der Waals surface area (Å²) in [7, 11) is -3.89. The quantitative estimate of drug-likeness (QED) is 0.737. The molecule has 16 heavy (non-hydrogen) atoms. The van der Waals surface area contributed by atoms with Gasteiger partial charge in [-0.3, -0.25) is 4.79 Å². The second-order valence-electron chi connectivity index (χ2n) is 4.01. The molecule has 0 radical (unpaired) electrons. The highest BCUT2D eigenvalue weighted by Gasteiger charge is 2.45. The third kappa shape index (κ3) is 2.33. The minimum absolute atomic E-state index is 0.277. The summed E-state index contributed by atoms with van der Waals surface area (Å²) in [5.74, 6) is -1.17. The summed E-state index contributed by atoms with van der Waals surface area (Å²) in [6, 6.07) is 1.59. The molecule has 1 aliphatic rings.